The van der Waals surface area contributed by atoms with Gasteiger partial charge in [-0.05, 0) is 76.6 Å². The second kappa shape index (κ2) is 10.1. The number of hydrogen-bond acceptors (Lipinski definition) is 4. The number of rotatable bonds is 8. The van der Waals surface area contributed by atoms with E-state index in [0.717, 1.165) is 23.9 Å². The second-order valence-corrected chi connectivity index (χ2v) is 9.20. The number of hydrogen-bond donors (Lipinski definition) is 1. The fourth-order valence-corrected chi connectivity index (χ4v) is 4.36. The molecule has 0 aliphatic carbocycles. The summed E-state index contributed by atoms with van der Waals surface area (Å²) in [4.78, 5) is 11.7. The minimum absolute atomic E-state index is 0.111. The largest absolute Gasteiger partial charge is 0.487 e. The first-order valence-corrected chi connectivity index (χ1v) is 14.0. The van der Waals surface area contributed by atoms with E-state index in [2.05, 4.69) is 44.1 Å². The average Bonchev–Trinajstić information content (AvgIpc) is 3.45. The van der Waals surface area contributed by atoms with Gasteiger partial charge < -0.3 is 10.1 Å². The topological polar surface area (TPSA) is 74.0 Å². The number of carbonyl (C=O) groups is 1. The van der Waals surface area contributed by atoms with Crippen LogP contribution in [0.2, 0.25) is 0 Å². The molecule has 4 rings (SSSR count). The lowest BCUT2D eigenvalue weighted by Crippen LogP contribution is -2.20. The van der Waals surface area contributed by atoms with E-state index in [0.29, 0.717) is 34.4 Å². The normalized spacial score (nSPS) is 11.9. The van der Waals surface area contributed by atoms with Crippen LogP contribution >= 0.6 is 28.4 Å². The van der Waals surface area contributed by atoms with Crippen molar-refractivity contribution < 1.29 is 22.7 Å². The molecule has 1 atom stereocenters. The highest BCUT2D eigenvalue weighted by atomic mass is 127. The van der Waals surface area contributed by atoms with Gasteiger partial charge >= 0.3 is 6.18 Å². The number of ether oxygens (including phenoxy) is 1. The predicted octanol–water partition coefficient (Wildman–Crippen LogP) is 5.41. The van der Waals surface area contributed by atoms with Crippen LogP contribution in [0.5, 0.6) is 5.75 Å². The number of benzene rings is 2. The maximum absolute atomic E-state index is 13.0. The number of nitrogens with one attached hydrogen (secondary N) is 1. The highest BCUT2D eigenvalue weighted by molar-refractivity contribution is 14.2. The highest BCUT2D eigenvalue weighted by Gasteiger charge is 2.30. The van der Waals surface area contributed by atoms with Gasteiger partial charge in [0.05, 0.1) is 35.4 Å². The zero-order valence-corrected chi connectivity index (χ0v) is 20.7. The summed E-state index contributed by atoms with van der Waals surface area (Å²) in [6.07, 6.45) is -0.904. The third-order valence-electron chi connectivity index (χ3n) is 4.90. The molecular weight excluding hydrogens is 581 g/mol. The van der Waals surface area contributed by atoms with Crippen LogP contribution in [0.1, 0.15) is 17.0 Å². The lowest BCUT2D eigenvalue weighted by molar-refractivity contribution is -0.137. The van der Waals surface area contributed by atoms with Gasteiger partial charge in [0, 0.05) is 11.6 Å². The summed E-state index contributed by atoms with van der Waals surface area (Å²) < 4.78 is 48.1. The maximum atomic E-state index is 13.0. The first-order chi connectivity index (χ1) is 16.3. The van der Waals surface area contributed by atoms with Crippen LogP contribution in [0.15, 0.2) is 67.4 Å². The third-order valence-corrected chi connectivity index (χ3v) is 6.81. The monoisotopic (exact) mass is 599 g/mol. The Morgan fingerprint density at radius 1 is 1.18 bits per heavy atom. The van der Waals surface area contributed by atoms with Gasteiger partial charge in [-0.15, -0.1) is 0 Å². The van der Waals surface area contributed by atoms with Gasteiger partial charge in [0.25, 0.3) is 0 Å². The Morgan fingerprint density at radius 3 is 2.59 bits per heavy atom. The van der Waals surface area contributed by atoms with Gasteiger partial charge in [-0.3, -0.25) is 4.79 Å². The molecule has 34 heavy (non-hydrogen) atoms. The predicted molar refractivity (Wildman–Crippen MR) is 132 cm³/mol. The minimum Gasteiger partial charge on any atom is -0.487 e. The minimum atomic E-state index is -4.43. The molecule has 4 aromatic rings. The number of nitrogens with zero attached hydrogens (tertiary/aromatic N) is 4. The van der Waals surface area contributed by atoms with E-state index >= 15 is 0 Å². The lowest BCUT2D eigenvalue weighted by atomic mass is 10.1. The van der Waals surface area contributed by atoms with Crippen molar-refractivity contribution >= 4 is 45.2 Å². The van der Waals surface area contributed by atoms with Gasteiger partial charge in [0.15, 0.2) is 0 Å². The van der Waals surface area contributed by atoms with Gasteiger partial charge in [-0.25, -0.2) is 9.13 Å². The van der Waals surface area contributed by atoms with Crippen LogP contribution in [0, 0.1) is 0 Å². The van der Waals surface area contributed by atoms with Crippen LogP contribution in [-0.4, -0.2) is 25.2 Å². The van der Waals surface area contributed by atoms with Crippen LogP contribution in [-0.2, 0) is 24.1 Å². The average molecular weight is 599 g/mol. The first-order valence-electron chi connectivity index (χ1n) is 9.92. The fourth-order valence-electron chi connectivity index (χ4n) is 3.25. The van der Waals surface area contributed by atoms with Crippen molar-refractivity contribution in [1.82, 2.24) is 24.6 Å². The summed E-state index contributed by atoms with van der Waals surface area (Å²) in [5, 5.41) is 12.3. The van der Waals surface area contributed by atoms with E-state index in [1.54, 1.807) is 18.2 Å². The quantitative estimate of drug-likeness (QED) is 0.167. The number of alkyl halides is 3. The van der Waals surface area contributed by atoms with Gasteiger partial charge in [0.2, 0.25) is 5.91 Å². The number of aromatic nitrogens is 4. The van der Waals surface area contributed by atoms with Crippen molar-refractivity contribution in [1.29, 1.82) is 0 Å². The fraction of sp³-hybridized carbons (Fsp3) is 0.136. The maximum Gasteiger partial charge on any atom is 0.416 e. The molecule has 1 N–H and O–H groups in total. The Balaban J connectivity index is 1.67. The molecule has 12 heteroatoms. The van der Waals surface area contributed by atoms with E-state index in [1.807, 2.05) is 16.7 Å². The van der Waals surface area contributed by atoms with Gasteiger partial charge in [-0.2, -0.15) is 23.4 Å². The van der Waals surface area contributed by atoms with Crippen LogP contribution in [0.25, 0.3) is 16.6 Å². The molecule has 0 fully saturated rings. The van der Waals surface area contributed by atoms with E-state index in [-0.39, 0.29) is 19.1 Å². The molecule has 0 saturated heterocycles. The Labute approximate surface area is 207 Å². The van der Waals surface area contributed by atoms with E-state index < -0.39 is 11.7 Å². The Hall–Kier alpha value is -2.92. The van der Waals surface area contributed by atoms with Crippen molar-refractivity contribution in [3.63, 3.8) is 0 Å². The molecule has 1 unspecified atom stereocenters. The molecule has 0 aliphatic heterocycles. The van der Waals surface area contributed by atoms with E-state index in [4.69, 9.17) is 4.74 Å². The Morgan fingerprint density at radius 2 is 1.94 bits per heavy atom. The molecule has 2 aromatic heterocycles. The summed E-state index contributed by atoms with van der Waals surface area (Å²) in [5.74, 6) is 0.207. The zero-order valence-electron chi connectivity index (χ0n) is 17.5. The highest BCUT2D eigenvalue weighted by Crippen LogP contribution is 2.31. The molecule has 176 valence electrons. The van der Waals surface area contributed by atoms with E-state index in [1.165, 1.54) is 16.8 Å². The van der Waals surface area contributed by atoms with Crippen molar-refractivity contribution in [3.05, 3.63) is 84.3 Å². The standard InChI is InChI=1S/C22H18F3IN5O2P/c1-2-21(32)27-12-19-18-11-17(33-13-15-9-10-30(28-15)34-26)7-8-20(18)31(29-19)16-5-3-14(4-6-16)22(23,24)25/h2-11,34H,1,12-13H2,(H,27,32). The molecule has 0 saturated carbocycles. The molecule has 0 radical (unpaired) electrons. The lowest BCUT2D eigenvalue weighted by Gasteiger charge is -2.09. The molecule has 0 aliphatic rings. The number of halogens is 4. The number of carbonyl (C=O) groups excluding carboxylic acids is 1. The van der Waals surface area contributed by atoms with Gasteiger partial charge in [0.1, 0.15) is 18.1 Å². The number of fused-ring (bicyclic) bond motifs is 1. The molecular formula is C22H18F3IN5O2P. The van der Waals surface area contributed by atoms with Crippen molar-refractivity contribution in [2.24, 2.45) is 0 Å². The summed E-state index contributed by atoms with van der Waals surface area (Å²) in [7, 11) is 0. The first kappa shape index (κ1) is 24.2. The van der Waals surface area contributed by atoms with Crippen molar-refractivity contribution in [2.45, 2.75) is 19.3 Å². The van der Waals surface area contributed by atoms with Crippen LogP contribution < -0.4 is 10.1 Å². The SMILES string of the molecule is C=CC(=O)NCc1nn(-c2ccc(C(F)(F)F)cc2)c2ccc(OCc3ccn(PI)n3)cc12. The zero-order chi connectivity index (χ0) is 24.3. The van der Waals surface area contributed by atoms with Crippen LogP contribution in [0.4, 0.5) is 13.2 Å². The molecule has 2 heterocycles. The van der Waals surface area contributed by atoms with Crippen molar-refractivity contribution in [3.8, 4) is 11.4 Å². The summed E-state index contributed by atoms with van der Waals surface area (Å²) in [6, 6.07) is 11.9. The molecule has 0 bridgehead atoms. The summed E-state index contributed by atoms with van der Waals surface area (Å²) >= 11 is 2.23. The number of amides is 1. The molecule has 7 nitrogen and oxygen atoms in total. The Bertz CT molecular complexity index is 1330. The molecule has 0 spiro atoms. The van der Waals surface area contributed by atoms with Crippen molar-refractivity contribution in [2.75, 3.05) is 0 Å². The van der Waals surface area contributed by atoms with Gasteiger partial charge in [-0.1, -0.05) is 6.58 Å². The summed E-state index contributed by atoms with van der Waals surface area (Å²) in [6.45, 7) is 3.82. The molecule has 1 amide bonds. The van der Waals surface area contributed by atoms with E-state index in [9.17, 15) is 18.0 Å². The second-order valence-electron chi connectivity index (χ2n) is 7.13. The smallest absolute Gasteiger partial charge is 0.416 e. The third kappa shape index (κ3) is 5.41. The molecule has 2 aromatic carbocycles. The Kier molecular flexibility index (Phi) is 7.22. The summed E-state index contributed by atoms with van der Waals surface area (Å²) in [5.41, 5.74) is 1.69. The van der Waals surface area contributed by atoms with Crippen LogP contribution in [0.3, 0.4) is 0 Å².